The Balaban J connectivity index is 2.52. The zero-order valence-corrected chi connectivity index (χ0v) is 14.1. The van der Waals surface area contributed by atoms with Crippen molar-refractivity contribution >= 4 is 34.7 Å². The van der Waals surface area contributed by atoms with Gasteiger partial charge < -0.3 is 10.2 Å². The average Bonchev–Trinajstić information content (AvgIpc) is 2.48. The van der Waals surface area contributed by atoms with Gasteiger partial charge in [0.1, 0.15) is 5.54 Å². The summed E-state index contributed by atoms with van der Waals surface area (Å²) in [4.78, 5) is 14.7. The van der Waals surface area contributed by atoms with Crippen molar-refractivity contribution in [1.29, 1.82) is 0 Å². The number of hydrogen-bond acceptors (Lipinski definition) is 2. The number of carbonyl (C=O) groups excluding carboxylic acids is 1. The van der Waals surface area contributed by atoms with Crippen LogP contribution < -0.4 is 5.32 Å². The van der Waals surface area contributed by atoms with Crippen molar-refractivity contribution < 1.29 is 4.79 Å². The quantitative estimate of drug-likeness (QED) is 0.862. The standard InChI is InChI=1S/C16H21ClN2OS/c1-3-18-15(21)19(2)16(11-7-6-10-14(16)20)12-8-4-5-9-13(12)17/h4-5,8-9H,3,6-7,10-11H2,1-2H3,(H,18,21)/t16-/m0/s1. The Hall–Kier alpha value is -1.13. The molecule has 0 heterocycles. The van der Waals surface area contributed by atoms with E-state index in [4.69, 9.17) is 23.8 Å². The highest BCUT2D eigenvalue weighted by molar-refractivity contribution is 7.80. The molecule has 3 nitrogen and oxygen atoms in total. The van der Waals surface area contributed by atoms with Crippen LogP contribution in [-0.2, 0) is 10.3 Å². The van der Waals surface area contributed by atoms with Crippen LogP contribution in [0.4, 0.5) is 0 Å². The van der Waals surface area contributed by atoms with Gasteiger partial charge in [-0.1, -0.05) is 29.8 Å². The number of likely N-dealkylation sites (N-methyl/N-ethyl adjacent to an activating group) is 1. The predicted octanol–water partition coefficient (Wildman–Crippen LogP) is 3.50. The molecule has 0 saturated heterocycles. The molecule has 1 aromatic rings. The van der Waals surface area contributed by atoms with Gasteiger partial charge in [0.2, 0.25) is 0 Å². The van der Waals surface area contributed by atoms with Crippen molar-refractivity contribution in [3.63, 3.8) is 0 Å². The normalized spacial score (nSPS) is 22.0. The summed E-state index contributed by atoms with van der Waals surface area (Å²) in [7, 11) is 1.89. The lowest BCUT2D eigenvalue weighted by atomic mass is 9.74. The van der Waals surface area contributed by atoms with Crippen LogP contribution in [0.25, 0.3) is 0 Å². The molecule has 1 saturated carbocycles. The van der Waals surface area contributed by atoms with Crippen LogP contribution in [0.5, 0.6) is 0 Å². The summed E-state index contributed by atoms with van der Waals surface area (Å²) in [5.41, 5.74) is 0.120. The molecule has 21 heavy (non-hydrogen) atoms. The van der Waals surface area contributed by atoms with E-state index in [1.807, 2.05) is 43.1 Å². The maximum atomic E-state index is 12.8. The zero-order chi connectivity index (χ0) is 15.5. The van der Waals surface area contributed by atoms with E-state index in [1.165, 1.54) is 0 Å². The number of thiocarbonyl (C=S) groups is 1. The molecular formula is C16H21ClN2OS. The number of hydrogen-bond donors (Lipinski definition) is 1. The first-order valence-corrected chi connectivity index (χ1v) is 8.12. The van der Waals surface area contributed by atoms with Crippen LogP contribution in [0.1, 0.15) is 38.2 Å². The highest BCUT2D eigenvalue weighted by Gasteiger charge is 2.46. The molecular weight excluding hydrogens is 304 g/mol. The molecule has 0 radical (unpaired) electrons. The van der Waals surface area contributed by atoms with Gasteiger partial charge in [-0.05, 0) is 44.5 Å². The summed E-state index contributed by atoms with van der Waals surface area (Å²) >= 11 is 11.8. The Morgan fingerprint density at radius 1 is 1.43 bits per heavy atom. The van der Waals surface area contributed by atoms with Crippen molar-refractivity contribution in [3.05, 3.63) is 34.9 Å². The first-order valence-electron chi connectivity index (χ1n) is 7.34. The molecule has 2 rings (SSSR count). The Morgan fingerprint density at radius 3 is 2.76 bits per heavy atom. The third kappa shape index (κ3) is 2.92. The number of nitrogens with zero attached hydrogens (tertiary/aromatic N) is 1. The fourth-order valence-corrected chi connectivity index (χ4v) is 3.66. The van der Waals surface area contributed by atoms with Crippen LogP contribution >= 0.6 is 23.8 Å². The third-order valence-corrected chi connectivity index (χ3v) is 4.93. The Bertz CT molecular complexity index is 549. The fourth-order valence-electron chi connectivity index (χ4n) is 3.07. The van der Waals surface area contributed by atoms with Crippen LogP contribution in [0.15, 0.2) is 24.3 Å². The summed E-state index contributed by atoms with van der Waals surface area (Å²) < 4.78 is 0. The molecule has 0 aliphatic heterocycles. The molecule has 5 heteroatoms. The number of halogens is 1. The number of carbonyl (C=O) groups is 1. The molecule has 0 bridgehead atoms. The smallest absolute Gasteiger partial charge is 0.169 e. The largest absolute Gasteiger partial charge is 0.363 e. The van der Waals surface area contributed by atoms with Crippen molar-refractivity contribution in [1.82, 2.24) is 10.2 Å². The minimum atomic E-state index is -0.740. The van der Waals surface area contributed by atoms with E-state index in [-0.39, 0.29) is 5.78 Å². The first-order chi connectivity index (χ1) is 10.0. The molecule has 1 aliphatic carbocycles. The second-order valence-corrected chi connectivity index (χ2v) is 6.16. The predicted molar refractivity (Wildman–Crippen MR) is 90.6 cm³/mol. The van der Waals surface area contributed by atoms with E-state index in [0.29, 0.717) is 16.6 Å². The minimum Gasteiger partial charge on any atom is -0.363 e. The summed E-state index contributed by atoms with van der Waals surface area (Å²) in [6.45, 7) is 2.72. The van der Waals surface area contributed by atoms with Gasteiger partial charge in [-0.15, -0.1) is 0 Å². The van der Waals surface area contributed by atoms with Gasteiger partial charge in [0, 0.05) is 30.6 Å². The maximum Gasteiger partial charge on any atom is 0.169 e. The van der Waals surface area contributed by atoms with E-state index < -0.39 is 5.54 Å². The van der Waals surface area contributed by atoms with Gasteiger partial charge in [-0.3, -0.25) is 4.79 Å². The monoisotopic (exact) mass is 324 g/mol. The molecule has 114 valence electrons. The van der Waals surface area contributed by atoms with Crippen LogP contribution in [0.2, 0.25) is 5.02 Å². The summed E-state index contributed by atoms with van der Waals surface area (Å²) in [5.74, 6) is 0.199. The Labute approximate surface area is 136 Å². The Kier molecular flexibility index (Phi) is 5.22. The topological polar surface area (TPSA) is 32.3 Å². The molecule has 0 spiro atoms. The lowest BCUT2D eigenvalue weighted by molar-refractivity contribution is -0.131. The molecule has 1 aromatic carbocycles. The molecule has 1 N–H and O–H groups in total. The number of Topliss-reactive ketones (excluding diaryl/α,β-unsaturated/α-hetero) is 1. The van der Waals surface area contributed by atoms with Gasteiger partial charge in [0.25, 0.3) is 0 Å². The number of benzene rings is 1. The molecule has 1 atom stereocenters. The molecule has 0 aromatic heterocycles. The minimum absolute atomic E-state index is 0.199. The summed E-state index contributed by atoms with van der Waals surface area (Å²) in [6.07, 6.45) is 3.25. The highest BCUT2D eigenvalue weighted by Crippen LogP contribution is 2.42. The van der Waals surface area contributed by atoms with Gasteiger partial charge >= 0.3 is 0 Å². The molecule has 0 unspecified atom stereocenters. The van der Waals surface area contributed by atoms with Gasteiger partial charge in [-0.25, -0.2) is 0 Å². The van der Waals surface area contributed by atoms with Gasteiger partial charge in [0.15, 0.2) is 10.9 Å². The lowest BCUT2D eigenvalue weighted by Crippen LogP contribution is -2.56. The number of rotatable bonds is 3. The van der Waals surface area contributed by atoms with E-state index in [1.54, 1.807) is 0 Å². The Morgan fingerprint density at radius 2 is 2.14 bits per heavy atom. The molecule has 0 amide bonds. The van der Waals surface area contributed by atoms with E-state index in [0.717, 1.165) is 31.4 Å². The second kappa shape index (κ2) is 6.75. The van der Waals surface area contributed by atoms with E-state index in [2.05, 4.69) is 5.32 Å². The average molecular weight is 325 g/mol. The highest BCUT2D eigenvalue weighted by atomic mass is 35.5. The lowest BCUT2D eigenvalue weighted by Gasteiger charge is -2.45. The SMILES string of the molecule is CCNC(=S)N(C)[C@]1(c2ccccc2Cl)CCCCC1=O. The fraction of sp³-hybridized carbons (Fsp3) is 0.500. The number of nitrogens with one attached hydrogen (secondary N) is 1. The van der Waals surface area contributed by atoms with Crippen molar-refractivity contribution in [3.8, 4) is 0 Å². The van der Waals surface area contributed by atoms with Gasteiger partial charge in [-0.2, -0.15) is 0 Å². The van der Waals surface area contributed by atoms with Crippen LogP contribution in [0, 0.1) is 0 Å². The second-order valence-electron chi connectivity index (χ2n) is 5.36. The maximum absolute atomic E-state index is 12.8. The third-order valence-electron chi connectivity index (χ3n) is 4.18. The van der Waals surface area contributed by atoms with Crippen LogP contribution in [-0.4, -0.2) is 29.4 Å². The van der Waals surface area contributed by atoms with Crippen LogP contribution in [0.3, 0.4) is 0 Å². The first kappa shape index (κ1) is 16.2. The summed E-state index contributed by atoms with van der Waals surface area (Å²) in [6, 6.07) is 7.59. The number of ketones is 1. The zero-order valence-electron chi connectivity index (χ0n) is 12.5. The van der Waals surface area contributed by atoms with E-state index in [9.17, 15) is 4.79 Å². The summed E-state index contributed by atoms with van der Waals surface area (Å²) in [5, 5.41) is 4.35. The van der Waals surface area contributed by atoms with Crippen molar-refractivity contribution in [2.45, 2.75) is 38.1 Å². The molecule has 1 fully saturated rings. The van der Waals surface area contributed by atoms with Crippen molar-refractivity contribution in [2.24, 2.45) is 0 Å². The molecule has 1 aliphatic rings. The van der Waals surface area contributed by atoms with Gasteiger partial charge in [0.05, 0.1) is 0 Å². The van der Waals surface area contributed by atoms with E-state index >= 15 is 0 Å². The van der Waals surface area contributed by atoms with Crippen molar-refractivity contribution in [2.75, 3.05) is 13.6 Å².